The molecule has 1 aromatic carbocycles. The molecule has 0 spiro atoms. The molecule has 1 aliphatic rings. The third kappa shape index (κ3) is 8.13. The summed E-state index contributed by atoms with van der Waals surface area (Å²) in [6.07, 6.45) is 0.438. The summed E-state index contributed by atoms with van der Waals surface area (Å²) in [6, 6.07) is 9.39. The van der Waals surface area contributed by atoms with Crippen LogP contribution in [-0.4, -0.2) is 65.2 Å². The van der Waals surface area contributed by atoms with Gasteiger partial charge in [-0.3, -0.25) is 9.00 Å². The number of hydrogen-bond donors (Lipinski definition) is 2. The third-order valence-corrected chi connectivity index (χ3v) is 5.98. The Balaban J connectivity index is 1.93. The highest BCUT2D eigenvalue weighted by Gasteiger charge is 2.27. The second-order valence-corrected chi connectivity index (χ2v) is 9.16. The molecule has 30 heavy (non-hydrogen) atoms. The molecule has 2 rings (SSSR count). The summed E-state index contributed by atoms with van der Waals surface area (Å²) in [5, 5.41) is 14.9. The lowest BCUT2D eigenvalue weighted by molar-refractivity contribution is -0.123. The van der Waals surface area contributed by atoms with Crippen molar-refractivity contribution in [2.24, 2.45) is 5.92 Å². The van der Waals surface area contributed by atoms with Crippen molar-refractivity contribution in [3.05, 3.63) is 35.9 Å². The number of morpholine rings is 1. The monoisotopic (exact) mass is 434 g/mol. The fourth-order valence-electron chi connectivity index (χ4n) is 3.10. The first-order valence-corrected chi connectivity index (χ1v) is 11.6. The van der Waals surface area contributed by atoms with Crippen LogP contribution in [0.2, 0.25) is 0 Å². The van der Waals surface area contributed by atoms with Gasteiger partial charge in [-0.2, -0.15) is 5.26 Å². The van der Waals surface area contributed by atoms with Crippen LogP contribution in [0.5, 0.6) is 0 Å². The smallest absolute Gasteiger partial charge is 0.318 e. The number of carbonyl (C=O) groups excluding carboxylic acids is 2. The maximum atomic E-state index is 12.8. The molecule has 8 nitrogen and oxygen atoms in total. The minimum atomic E-state index is -1.30. The SMILES string of the molecule is CC(C)CC(NC(=O)N1CCOCC1)C(=O)NC(C#N)CS(=O)Cc1ccccc1. The number of nitrogens with zero attached hydrogens (tertiary/aromatic N) is 2. The van der Waals surface area contributed by atoms with Crippen molar-refractivity contribution in [3.63, 3.8) is 0 Å². The predicted molar refractivity (Wildman–Crippen MR) is 115 cm³/mol. The average molecular weight is 435 g/mol. The van der Waals surface area contributed by atoms with Gasteiger partial charge in [0.2, 0.25) is 5.91 Å². The first-order chi connectivity index (χ1) is 14.4. The van der Waals surface area contributed by atoms with E-state index in [1.807, 2.05) is 50.2 Å². The molecule has 3 atom stereocenters. The number of amides is 3. The van der Waals surface area contributed by atoms with Gasteiger partial charge in [0.1, 0.15) is 12.1 Å². The lowest BCUT2D eigenvalue weighted by Crippen LogP contribution is -2.55. The maximum Gasteiger partial charge on any atom is 0.318 e. The van der Waals surface area contributed by atoms with Gasteiger partial charge in [-0.15, -0.1) is 0 Å². The predicted octanol–water partition coefficient (Wildman–Crippen LogP) is 1.40. The first-order valence-electron chi connectivity index (χ1n) is 10.1. The van der Waals surface area contributed by atoms with E-state index < -0.39 is 28.8 Å². The minimum Gasteiger partial charge on any atom is -0.378 e. The largest absolute Gasteiger partial charge is 0.378 e. The molecule has 9 heteroatoms. The highest BCUT2D eigenvalue weighted by atomic mass is 32.2. The molecule has 0 aromatic heterocycles. The molecule has 164 valence electrons. The summed E-state index contributed by atoms with van der Waals surface area (Å²) in [5.74, 6) is 0.0770. The van der Waals surface area contributed by atoms with Crippen LogP contribution in [-0.2, 0) is 26.1 Å². The van der Waals surface area contributed by atoms with Crippen molar-refractivity contribution in [2.45, 2.75) is 38.1 Å². The highest BCUT2D eigenvalue weighted by Crippen LogP contribution is 2.08. The molecule has 0 saturated carbocycles. The molecule has 1 fully saturated rings. The Morgan fingerprint density at radius 3 is 2.47 bits per heavy atom. The Hall–Kier alpha value is -2.44. The van der Waals surface area contributed by atoms with E-state index in [9.17, 15) is 19.1 Å². The number of benzene rings is 1. The van der Waals surface area contributed by atoms with Gasteiger partial charge in [0.15, 0.2) is 0 Å². The molecule has 3 unspecified atom stereocenters. The Morgan fingerprint density at radius 2 is 1.87 bits per heavy atom. The van der Waals surface area contributed by atoms with Crippen molar-refractivity contribution in [1.82, 2.24) is 15.5 Å². The Kier molecular flexibility index (Phi) is 9.77. The minimum absolute atomic E-state index is 0.0307. The van der Waals surface area contributed by atoms with Crippen LogP contribution in [0.4, 0.5) is 4.79 Å². The second kappa shape index (κ2) is 12.3. The number of carbonyl (C=O) groups is 2. The summed E-state index contributed by atoms with van der Waals surface area (Å²) in [5.41, 5.74) is 0.911. The molecule has 1 heterocycles. The summed E-state index contributed by atoms with van der Waals surface area (Å²) >= 11 is 0. The Bertz CT molecular complexity index is 760. The van der Waals surface area contributed by atoms with Crippen LogP contribution in [0.15, 0.2) is 30.3 Å². The highest BCUT2D eigenvalue weighted by molar-refractivity contribution is 7.84. The van der Waals surface area contributed by atoms with E-state index in [1.165, 1.54) is 0 Å². The van der Waals surface area contributed by atoms with Gasteiger partial charge in [-0.05, 0) is 17.9 Å². The van der Waals surface area contributed by atoms with E-state index in [-0.39, 0.29) is 17.7 Å². The van der Waals surface area contributed by atoms with E-state index in [0.717, 1.165) is 5.56 Å². The summed E-state index contributed by atoms with van der Waals surface area (Å²) in [7, 11) is -1.30. The Labute approximate surface area is 180 Å². The number of rotatable bonds is 9. The van der Waals surface area contributed by atoms with E-state index in [2.05, 4.69) is 10.6 Å². The normalized spacial score (nSPS) is 16.9. The molecule has 0 radical (unpaired) electrons. The summed E-state index contributed by atoms with van der Waals surface area (Å²) in [6.45, 7) is 5.80. The van der Waals surface area contributed by atoms with E-state index in [1.54, 1.807) is 4.90 Å². The molecule has 1 aromatic rings. The summed E-state index contributed by atoms with van der Waals surface area (Å²) in [4.78, 5) is 26.9. The van der Waals surface area contributed by atoms with Crippen LogP contribution < -0.4 is 10.6 Å². The van der Waals surface area contributed by atoms with Crippen molar-refractivity contribution in [3.8, 4) is 6.07 Å². The molecule has 1 saturated heterocycles. The topological polar surface area (TPSA) is 112 Å². The van der Waals surface area contributed by atoms with Gasteiger partial charge >= 0.3 is 6.03 Å². The molecular formula is C21H30N4O4S. The quantitative estimate of drug-likeness (QED) is 0.610. The van der Waals surface area contributed by atoms with Crippen molar-refractivity contribution < 1.29 is 18.5 Å². The van der Waals surface area contributed by atoms with Crippen LogP contribution >= 0.6 is 0 Å². The zero-order valence-electron chi connectivity index (χ0n) is 17.5. The molecule has 0 aliphatic carbocycles. The molecule has 0 bridgehead atoms. The molecular weight excluding hydrogens is 404 g/mol. The van der Waals surface area contributed by atoms with Crippen molar-refractivity contribution in [2.75, 3.05) is 32.1 Å². The lowest BCUT2D eigenvalue weighted by atomic mass is 10.0. The Morgan fingerprint density at radius 1 is 1.20 bits per heavy atom. The van der Waals surface area contributed by atoms with Crippen LogP contribution in [0.1, 0.15) is 25.8 Å². The van der Waals surface area contributed by atoms with Gasteiger partial charge in [-0.1, -0.05) is 44.2 Å². The maximum absolute atomic E-state index is 12.8. The fourth-order valence-corrected chi connectivity index (χ4v) is 4.31. The van der Waals surface area contributed by atoms with E-state index >= 15 is 0 Å². The van der Waals surface area contributed by atoms with E-state index in [4.69, 9.17) is 4.74 Å². The molecule has 1 aliphatic heterocycles. The standard InChI is InChI=1S/C21H30N4O4S/c1-16(2)12-19(24-21(27)25-8-10-29-11-9-25)20(26)23-18(13-22)15-30(28)14-17-6-4-3-5-7-17/h3-7,16,18-19H,8-12,14-15H2,1-2H3,(H,23,26)(H,24,27). The zero-order valence-corrected chi connectivity index (χ0v) is 18.3. The summed E-state index contributed by atoms with van der Waals surface area (Å²) < 4.78 is 17.7. The van der Waals surface area contributed by atoms with Gasteiger partial charge < -0.3 is 20.3 Å². The number of ether oxygens (including phenoxy) is 1. The van der Waals surface area contributed by atoms with Gasteiger partial charge in [-0.25, -0.2) is 4.79 Å². The lowest BCUT2D eigenvalue weighted by Gasteiger charge is -2.29. The van der Waals surface area contributed by atoms with Crippen molar-refractivity contribution >= 4 is 22.7 Å². The van der Waals surface area contributed by atoms with Crippen molar-refractivity contribution in [1.29, 1.82) is 5.26 Å². The fraction of sp³-hybridized carbons (Fsp3) is 0.571. The first kappa shape index (κ1) is 23.8. The molecule has 3 amide bonds. The zero-order chi connectivity index (χ0) is 21.9. The number of hydrogen-bond acceptors (Lipinski definition) is 5. The third-order valence-electron chi connectivity index (χ3n) is 4.61. The average Bonchev–Trinajstić information content (AvgIpc) is 2.73. The number of urea groups is 1. The van der Waals surface area contributed by atoms with E-state index in [0.29, 0.717) is 38.5 Å². The second-order valence-electron chi connectivity index (χ2n) is 7.66. The van der Waals surface area contributed by atoms with Gasteiger partial charge in [0.25, 0.3) is 0 Å². The number of nitrogens with one attached hydrogen (secondary N) is 2. The molecule has 2 N–H and O–H groups in total. The van der Waals surface area contributed by atoms with Crippen LogP contribution in [0.3, 0.4) is 0 Å². The number of nitriles is 1. The van der Waals surface area contributed by atoms with Crippen LogP contribution in [0, 0.1) is 17.2 Å². The van der Waals surface area contributed by atoms with Crippen LogP contribution in [0.25, 0.3) is 0 Å². The van der Waals surface area contributed by atoms with Gasteiger partial charge in [0.05, 0.1) is 25.0 Å². The van der Waals surface area contributed by atoms with Gasteiger partial charge in [0, 0.05) is 29.6 Å².